The number of ether oxygens (including phenoxy) is 2. The molecule has 3 atom stereocenters. The summed E-state index contributed by atoms with van der Waals surface area (Å²) >= 11 is 1.60. The molecule has 0 radical (unpaired) electrons. The van der Waals surface area contributed by atoms with Gasteiger partial charge in [0, 0.05) is 31.1 Å². The van der Waals surface area contributed by atoms with Gasteiger partial charge in [0.15, 0.2) is 5.78 Å². The Morgan fingerprint density at radius 3 is 2.71 bits per heavy atom. The first kappa shape index (κ1) is 22.1. The summed E-state index contributed by atoms with van der Waals surface area (Å²) in [5.41, 5.74) is 1.16. The van der Waals surface area contributed by atoms with Crippen molar-refractivity contribution in [2.75, 3.05) is 45.2 Å². The Bertz CT molecular complexity index is 787. The average molecular weight is 448 g/mol. The number of fused-ring (bicyclic) bond motifs is 1. The minimum atomic E-state index is -0.698. The molecule has 0 saturated carbocycles. The molecule has 0 spiro atoms. The van der Waals surface area contributed by atoms with Crippen molar-refractivity contribution in [3.05, 3.63) is 35.9 Å². The van der Waals surface area contributed by atoms with Crippen LogP contribution in [0.4, 0.5) is 4.79 Å². The topological polar surface area (TPSA) is 88.2 Å². The Hall–Kier alpha value is -2.10. The summed E-state index contributed by atoms with van der Waals surface area (Å²) in [7, 11) is 0. The summed E-state index contributed by atoms with van der Waals surface area (Å²) in [5, 5.41) is 2.93. The number of benzene rings is 1. The van der Waals surface area contributed by atoms with E-state index in [0.717, 1.165) is 24.2 Å². The largest absolute Gasteiger partial charge is 0.378 e. The van der Waals surface area contributed by atoms with E-state index in [1.54, 1.807) is 21.6 Å². The number of ketones is 1. The fourth-order valence-electron chi connectivity index (χ4n) is 4.29. The van der Waals surface area contributed by atoms with E-state index in [0.29, 0.717) is 38.6 Å². The molecule has 3 fully saturated rings. The minimum Gasteiger partial charge on any atom is -0.378 e. The van der Waals surface area contributed by atoms with Crippen molar-refractivity contribution in [2.45, 2.75) is 36.8 Å². The predicted molar refractivity (Wildman–Crippen MR) is 117 cm³/mol. The number of carbonyl (C=O) groups is 3. The molecule has 0 aromatic heterocycles. The van der Waals surface area contributed by atoms with Crippen molar-refractivity contribution in [3.8, 4) is 0 Å². The van der Waals surface area contributed by atoms with Crippen LogP contribution in [0.5, 0.6) is 0 Å². The van der Waals surface area contributed by atoms with Gasteiger partial charge in [0.05, 0.1) is 19.3 Å². The second-order valence-corrected chi connectivity index (χ2v) is 9.07. The number of piperidine rings is 1. The van der Waals surface area contributed by atoms with Gasteiger partial charge >= 0.3 is 6.03 Å². The van der Waals surface area contributed by atoms with Crippen molar-refractivity contribution in [1.29, 1.82) is 0 Å². The number of likely N-dealkylation sites (tertiary alicyclic amines) is 1. The van der Waals surface area contributed by atoms with E-state index in [2.05, 4.69) is 5.32 Å². The van der Waals surface area contributed by atoms with Crippen molar-refractivity contribution in [3.63, 3.8) is 0 Å². The highest BCUT2D eigenvalue weighted by molar-refractivity contribution is 7.98. The Labute approximate surface area is 186 Å². The number of urea groups is 1. The van der Waals surface area contributed by atoms with Gasteiger partial charge in [-0.25, -0.2) is 4.79 Å². The molecule has 3 heterocycles. The fraction of sp³-hybridized carbons (Fsp3) is 0.591. The van der Waals surface area contributed by atoms with Crippen LogP contribution in [0.1, 0.15) is 18.4 Å². The quantitative estimate of drug-likeness (QED) is 0.707. The van der Waals surface area contributed by atoms with Gasteiger partial charge in [0.1, 0.15) is 18.7 Å². The molecule has 1 N–H and O–H groups in total. The predicted octanol–water partition coefficient (Wildman–Crippen LogP) is 1.29. The average Bonchev–Trinajstić information content (AvgIpc) is 3.20. The highest BCUT2D eigenvalue weighted by Gasteiger charge is 2.45. The molecule has 168 valence electrons. The van der Waals surface area contributed by atoms with E-state index in [1.807, 2.05) is 30.3 Å². The Balaban J connectivity index is 1.44. The first-order chi connectivity index (χ1) is 15.1. The lowest BCUT2D eigenvalue weighted by Gasteiger charge is -2.38. The Kier molecular flexibility index (Phi) is 7.47. The number of nitrogens with one attached hydrogen (secondary N) is 1. The van der Waals surface area contributed by atoms with Crippen LogP contribution in [0, 0.1) is 0 Å². The van der Waals surface area contributed by atoms with Crippen LogP contribution in [0.25, 0.3) is 0 Å². The third-order valence-corrected chi connectivity index (χ3v) is 7.02. The molecule has 4 rings (SSSR count). The fourth-order valence-corrected chi connectivity index (χ4v) is 5.30. The van der Waals surface area contributed by atoms with Gasteiger partial charge in [-0.2, -0.15) is 11.8 Å². The van der Waals surface area contributed by atoms with E-state index < -0.39 is 12.1 Å². The molecular weight excluding hydrogens is 418 g/mol. The highest BCUT2D eigenvalue weighted by atomic mass is 32.2. The number of thioether (sulfide) groups is 1. The zero-order chi connectivity index (χ0) is 21.6. The lowest BCUT2D eigenvalue weighted by Crippen LogP contribution is -2.60. The van der Waals surface area contributed by atoms with E-state index in [1.165, 1.54) is 0 Å². The van der Waals surface area contributed by atoms with Gasteiger partial charge < -0.3 is 24.6 Å². The number of carbonyl (C=O) groups excluding carboxylic acids is 3. The summed E-state index contributed by atoms with van der Waals surface area (Å²) < 4.78 is 10.9. The number of Topliss-reactive ketones (excluding diaryl/α,β-unsaturated/α-hetero) is 1. The van der Waals surface area contributed by atoms with Crippen molar-refractivity contribution < 1.29 is 23.9 Å². The highest BCUT2D eigenvalue weighted by Crippen LogP contribution is 2.27. The molecule has 1 aromatic carbocycles. The maximum atomic E-state index is 13.5. The molecule has 3 aliphatic rings. The van der Waals surface area contributed by atoms with Crippen LogP contribution in [0.15, 0.2) is 30.3 Å². The van der Waals surface area contributed by atoms with Crippen molar-refractivity contribution >= 4 is 29.5 Å². The van der Waals surface area contributed by atoms with Crippen molar-refractivity contribution in [2.24, 2.45) is 0 Å². The monoisotopic (exact) mass is 447 g/mol. The number of morpholine rings is 1. The van der Waals surface area contributed by atoms with Gasteiger partial charge in [-0.05, 0) is 18.4 Å². The lowest BCUT2D eigenvalue weighted by molar-refractivity contribution is -0.142. The number of amides is 3. The smallest absolute Gasteiger partial charge is 0.318 e. The number of hydrogen-bond donors (Lipinski definition) is 1. The molecule has 3 aliphatic heterocycles. The first-order valence-corrected chi connectivity index (χ1v) is 12.0. The number of rotatable bonds is 6. The van der Waals surface area contributed by atoms with Crippen molar-refractivity contribution in [1.82, 2.24) is 15.1 Å². The second kappa shape index (κ2) is 10.5. The molecule has 0 aliphatic carbocycles. The standard InChI is InChI=1S/C22H29N3O5S/c26-18-13-30-19-7-4-8-25(20(18)19)21(27)17(15-31-14-16-5-2-1-3-6-16)23-22(28)24-9-11-29-12-10-24/h1-3,5-6,17,19-20H,4,7-15H2,(H,23,28)/t17-,19+,20+/m0/s1. The Morgan fingerprint density at radius 2 is 1.94 bits per heavy atom. The second-order valence-electron chi connectivity index (χ2n) is 8.04. The van der Waals surface area contributed by atoms with Crippen LogP contribution in [-0.2, 0) is 24.8 Å². The molecule has 1 aromatic rings. The van der Waals surface area contributed by atoms with Crippen LogP contribution in [0.3, 0.4) is 0 Å². The minimum absolute atomic E-state index is 0.0479. The number of hydrogen-bond acceptors (Lipinski definition) is 6. The molecule has 31 heavy (non-hydrogen) atoms. The van der Waals surface area contributed by atoms with Crippen LogP contribution < -0.4 is 5.32 Å². The summed E-state index contributed by atoms with van der Waals surface area (Å²) in [5.74, 6) is 0.933. The Morgan fingerprint density at radius 1 is 1.16 bits per heavy atom. The molecule has 3 amide bonds. The van der Waals surface area contributed by atoms with E-state index in [4.69, 9.17) is 9.47 Å². The third-order valence-electron chi connectivity index (χ3n) is 5.92. The normalized spacial score (nSPS) is 24.6. The molecular formula is C22H29N3O5S. The summed E-state index contributed by atoms with van der Waals surface area (Å²) in [6.07, 6.45) is 1.35. The van der Waals surface area contributed by atoms with E-state index >= 15 is 0 Å². The molecule has 0 unspecified atom stereocenters. The molecule has 0 bridgehead atoms. The lowest BCUT2D eigenvalue weighted by atomic mass is 9.97. The summed E-state index contributed by atoms with van der Waals surface area (Å²) in [4.78, 5) is 42.0. The first-order valence-electron chi connectivity index (χ1n) is 10.8. The van der Waals surface area contributed by atoms with E-state index in [-0.39, 0.29) is 30.4 Å². The van der Waals surface area contributed by atoms with Gasteiger partial charge in [-0.3, -0.25) is 9.59 Å². The van der Waals surface area contributed by atoms with Gasteiger partial charge in [0.25, 0.3) is 0 Å². The van der Waals surface area contributed by atoms with E-state index in [9.17, 15) is 14.4 Å². The maximum Gasteiger partial charge on any atom is 0.318 e. The van der Waals surface area contributed by atoms with Gasteiger partial charge in [0.2, 0.25) is 5.91 Å². The number of nitrogens with zero attached hydrogens (tertiary/aromatic N) is 2. The molecule has 3 saturated heterocycles. The summed E-state index contributed by atoms with van der Waals surface area (Å²) in [6.45, 7) is 2.58. The molecule has 8 nitrogen and oxygen atoms in total. The van der Waals surface area contributed by atoms with Gasteiger partial charge in [-0.15, -0.1) is 0 Å². The SMILES string of the molecule is O=C1CO[C@@H]2CCCN(C(=O)[C@H](CSCc3ccccc3)NC(=O)N3CCOCC3)[C@H]12. The zero-order valence-electron chi connectivity index (χ0n) is 17.5. The van der Waals surface area contributed by atoms with Crippen LogP contribution in [-0.4, -0.2) is 90.9 Å². The third kappa shape index (κ3) is 5.39. The maximum absolute atomic E-state index is 13.5. The summed E-state index contributed by atoms with van der Waals surface area (Å²) in [6, 6.07) is 8.54. The zero-order valence-corrected chi connectivity index (χ0v) is 18.4. The van der Waals surface area contributed by atoms with Gasteiger partial charge in [-0.1, -0.05) is 30.3 Å². The molecule has 9 heteroatoms. The van der Waals surface area contributed by atoms with Crippen LogP contribution >= 0.6 is 11.8 Å². The van der Waals surface area contributed by atoms with Crippen LogP contribution in [0.2, 0.25) is 0 Å².